The fourth-order valence-corrected chi connectivity index (χ4v) is 3.02. The molecule has 0 saturated carbocycles. The minimum atomic E-state index is -4.67. The van der Waals surface area contributed by atoms with Crippen molar-refractivity contribution in [2.75, 3.05) is 32.6 Å². The van der Waals surface area contributed by atoms with Gasteiger partial charge < -0.3 is 24.1 Å². The summed E-state index contributed by atoms with van der Waals surface area (Å²) >= 11 is 0. The third-order valence-electron chi connectivity index (χ3n) is 4.46. The number of piperidine rings is 1. The fourth-order valence-electron chi connectivity index (χ4n) is 3.02. The van der Waals surface area contributed by atoms with Crippen LogP contribution < -0.4 is 14.8 Å². The number of para-hydroxylation sites is 1. The quantitative estimate of drug-likeness (QED) is 0.845. The number of nitrogens with zero attached hydrogens (tertiary/aromatic N) is 3. The molecule has 28 heavy (non-hydrogen) atoms. The standard InChI is InChI=1S/C17H19F3N4O4/c1-26-12-5-3-4-11(13(12)27-2)21-16(25)24-8-6-10(7-9-24)14-22-23-15(28-14)17(18,19)20/h3-5,10H,6-9H2,1-2H3,(H,21,25). The highest BCUT2D eigenvalue weighted by Crippen LogP contribution is 2.36. The molecule has 2 heterocycles. The molecule has 0 spiro atoms. The summed E-state index contributed by atoms with van der Waals surface area (Å²) in [6.45, 7) is 0.680. The molecule has 1 saturated heterocycles. The van der Waals surface area contributed by atoms with Crippen molar-refractivity contribution in [2.45, 2.75) is 24.9 Å². The minimum Gasteiger partial charge on any atom is -0.493 e. The second-order valence-corrected chi connectivity index (χ2v) is 6.18. The Morgan fingerprint density at radius 2 is 1.93 bits per heavy atom. The summed E-state index contributed by atoms with van der Waals surface area (Å²) in [6.07, 6.45) is -3.83. The summed E-state index contributed by atoms with van der Waals surface area (Å²) in [5, 5.41) is 9.31. The summed E-state index contributed by atoms with van der Waals surface area (Å²) in [5.74, 6) is -0.844. The Kier molecular flexibility index (Phi) is 5.61. The largest absolute Gasteiger partial charge is 0.493 e. The lowest BCUT2D eigenvalue weighted by atomic mass is 9.97. The van der Waals surface area contributed by atoms with E-state index in [1.807, 2.05) is 0 Å². The maximum absolute atomic E-state index is 12.6. The first kappa shape index (κ1) is 19.8. The molecule has 1 aliphatic heterocycles. The topological polar surface area (TPSA) is 89.7 Å². The van der Waals surface area contributed by atoms with E-state index in [0.717, 1.165) is 0 Å². The zero-order valence-electron chi connectivity index (χ0n) is 15.2. The van der Waals surface area contributed by atoms with Crippen LogP contribution in [0.15, 0.2) is 22.6 Å². The average Bonchev–Trinajstić information content (AvgIpc) is 3.18. The van der Waals surface area contributed by atoms with E-state index in [1.165, 1.54) is 14.2 Å². The van der Waals surface area contributed by atoms with Crippen molar-refractivity contribution in [1.29, 1.82) is 0 Å². The summed E-state index contributed by atoms with van der Waals surface area (Å²) in [6, 6.07) is 4.77. The number of hydrogen-bond acceptors (Lipinski definition) is 6. The van der Waals surface area contributed by atoms with Gasteiger partial charge in [-0.2, -0.15) is 13.2 Å². The number of aromatic nitrogens is 2. The zero-order chi connectivity index (χ0) is 20.3. The van der Waals surface area contributed by atoms with Gasteiger partial charge in [-0.15, -0.1) is 10.2 Å². The Hall–Kier alpha value is -2.98. The van der Waals surface area contributed by atoms with Gasteiger partial charge in [0.15, 0.2) is 11.5 Å². The Bertz CT molecular complexity index is 832. The Morgan fingerprint density at radius 1 is 1.21 bits per heavy atom. The molecule has 1 aliphatic rings. The van der Waals surface area contributed by atoms with Gasteiger partial charge >= 0.3 is 18.1 Å². The first-order valence-corrected chi connectivity index (χ1v) is 8.51. The highest BCUT2D eigenvalue weighted by Gasteiger charge is 2.39. The molecule has 2 amide bonds. The average molecular weight is 400 g/mol. The number of benzene rings is 1. The molecule has 2 aromatic rings. The fraction of sp³-hybridized carbons (Fsp3) is 0.471. The molecule has 1 fully saturated rings. The third-order valence-corrected chi connectivity index (χ3v) is 4.46. The van der Waals surface area contributed by atoms with Crippen LogP contribution in [0, 0.1) is 0 Å². The van der Waals surface area contributed by atoms with Crippen molar-refractivity contribution in [1.82, 2.24) is 15.1 Å². The molecule has 0 unspecified atom stereocenters. The molecule has 0 radical (unpaired) electrons. The lowest BCUT2D eigenvalue weighted by molar-refractivity contribution is -0.157. The van der Waals surface area contributed by atoms with Crippen molar-refractivity contribution in [3.63, 3.8) is 0 Å². The first-order chi connectivity index (χ1) is 13.3. The van der Waals surface area contributed by atoms with Crippen LogP contribution in [-0.2, 0) is 6.18 Å². The van der Waals surface area contributed by atoms with Crippen molar-refractivity contribution in [2.24, 2.45) is 0 Å². The van der Waals surface area contributed by atoms with Gasteiger partial charge in [0, 0.05) is 19.0 Å². The number of methoxy groups -OCH3 is 2. The number of urea groups is 1. The van der Waals surface area contributed by atoms with Gasteiger partial charge in [-0.1, -0.05) is 6.07 Å². The van der Waals surface area contributed by atoms with Crippen LogP contribution in [0.4, 0.5) is 23.7 Å². The van der Waals surface area contributed by atoms with E-state index in [9.17, 15) is 18.0 Å². The number of rotatable bonds is 4. The normalized spacial score (nSPS) is 15.4. The summed E-state index contributed by atoms with van der Waals surface area (Å²) < 4.78 is 53.0. The third kappa shape index (κ3) is 4.12. The molecule has 1 aromatic heterocycles. The van der Waals surface area contributed by atoms with Crippen LogP contribution in [0.25, 0.3) is 0 Å². The van der Waals surface area contributed by atoms with Crippen LogP contribution in [0.5, 0.6) is 11.5 Å². The van der Waals surface area contributed by atoms with Crippen LogP contribution in [0.1, 0.15) is 30.5 Å². The highest BCUT2D eigenvalue weighted by molar-refractivity contribution is 5.91. The molecule has 152 valence electrons. The highest BCUT2D eigenvalue weighted by atomic mass is 19.4. The van der Waals surface area contributed by atoms with Gasteiger partial charge in [-0.05, 0) is 25.0 Å². The molecule has 0 atom stereocenters. The SMILES string of the molecule is COc1cccc(NC(=O)N2CCC(c3nnc(C(F)(F)F)o3)CC2)c1OC. The van der Waals surface area contributed by atoms with E-state index < -0.39 is 12.1 Å². The first-order valence-electron chi connectivity index (χ1n) is 8.51. The number of carbonyl (C=O) groups is 1. The summed E-state index contributed by atoms with van der Waals surface area (Å²) in [7, 11) is 2.97. The number of hydrogen-bond donors (Lipinski definition) is 1. The van der Waals surface area contributed by atoms with Gasteiger partial charge in [-0.3, -0.25) is 0 Å². The molecular weight excluding hydrogens is 381 g/mol. The number of amides is 2. The van der Waals surface area contributed by atoms with Crippen molar-refractivity contribution < 1.29 is 31.9 Å². The number of nitrogens with one attached hydrogen (secondary N) is 1. The van der Waals surface area contributed by atoms with Gasteiger partial charge in [0.05, 0.1) is 19.9 Å². The molecule has 0 aliphatic carbocycles. The van der Waals surface area contributed by atoms with Crippen LogP contribution in [-0.4, -0.2) is 48.4 Å². The number of anilines is 1. The molecule has 0 bridgehead atoms. The maximum Gasteiger partial charge on any atom is 0.470 e. The van der Waals surface area contributed by atoms with E-state index in [2.05, 4.69) is 15.5 Å². The number of alkyl halides is 3. The smallest absolute Gasteiger partial charge is 0.470 e. The minimum absolute atomic E-state index is 0.0538. The predicted molar refractivity (Wildman–Crippen MR) is 91.4 cm³/mol. The predicted octanol–water partition coefficient (Wildman–Crippen LogP) is 3.52. The Morgan fingerprint density at radius 3 is 2.50 bits per heavy atom. The van der Waals surface area contributed by atoms with Gasteiger partial charge in [-0.25, -0.2) is 4.79 Å². The van der Waals surface area contributed by atoms with Crippen LogP contribution in [0.3, 0.4) is 0 Å². The molecule has 1 aromatic carbocycles. The van der Waals surface area contributed by atoms with E-state index >= 15 is 0 Å². The Balaban J connectivity index is 1.61. The molecule has 11 heteroatoms. The zero-order valence-corrected chi connectivity index (χ0v) is 15.2. The number of halogens is 3. The van der Waals surface area contributed by atoms with Crippen molar-refractivity contribution >= 4 is 11.7 Å². The number of ether oxygens (including phenoxy) is 2. The molecular formula is C17H19F3N4O4. The molecule has 8 nitrogen and oxygen atoms in total. The second-order valence-electron chi connectivity index (χ2n) is 6.18. The maximum atomic E-state index is 12.6. The van der Waals surface area contributed by atoms with Gasteiger partial charge in [0.25, 0.3) is 0 Å². The van der Waals surface area contributed by atoms with Gasteiger partial charge in [0.1, 0.15) is 0 Å². The number of carbonyl (C=O) groups excluding carboxylic acids is 1. The van der Waals surface area contributed by atoms with E-state index in [0.29, 0.717) is 43.1 Å². The second kappa shape index (κ2) is 7.95. The van der Waals surface area contributed by atoms with Crippen molar-refractivity contribution in [3.8, 4) is 11.5 Å². The van der Waals surface area contributed by atoms with Crippen LogP contribution in [0.2, 0.25) is 0 Å². The van der Waals surface area contributed by atoms with Crippen molar-refractivity contribution in [3.05, 3.63) is 30.0 Å². The Labute approximate surface area is 158 Å². The lowest BCUT2D eigenvalue weighted by Gasteiger charge is -2.30. The van der Waals surface area contributed by atoms with E-state index in [4.69, 9.17) is 13.9 Å². The summed E-state index contributed by atoms with van der Waals surface area (Å²) in [4.78, 5) is 14.1. The molecule has 3 rings (SSSR count). The monoisotopic (exact) mass is 400 g/mol. The van der Waals surface area contributed by atoms with E-state index in [-0.39, 0.29) is 17.8 Å². The number of likely N-dealkylation sites (tertiary alicyclic amines) is 1. The molecule has 1 N–H and O–H groups in total. The van der Waals surface area contributed by atoms with Crippen LogP contribution >= 0.6 is 0 Å². The van der Waals surface area contributed by atoms with E-state index in [1.54, 1.807) is 23.1 Å². The van der Waals surface area contributed by atoms with Gasteiger partial charge in [0.2, 0.25) is 5.89 Å². The summed E-state index contributed by atoms with van der Waals surface area (Å²) in [5.41, 5.74) is 0.459. The lowest BCUT2D eigenvalue weighted by Crippen LogP contribution is -2.40.